The number of nitrogens with zero attached hydrogens (tertiary/aromatic N) is 1. The molecule has 0 aromatic carbocycles. The van der Waals surface area contributed by atoms with Crippen molar-refractivity contribution in [3.05, 3.63) is 29.6 Å². The van der Waals surface area contributed by atoms with E-state index in [9.17, 15) is 0 Å². The van der Waals surface area contributed by atoms with Gasteiger partial charge in [-0.25, -0.2) is 0 Å². The number of pyridine rings is 1. The summed E-state index contributed by atoms with van der Waals surface area (Å²) in [7, 11) is 0. The highest BCUT2D eigenvalue weighted by atomic mass is 32.2. The highest BCUT2D eigenvalue weighted by Gasteiger charge is 2.31. The first-order valence-corrected chi connectivity index (χ1v) is 5.94. The van der Waals surface area contributed by atoms with Crippen LogP contribution in [0.4, 0.5) is 0 Å². The molecule has 0 aliphatic carbocycles. The van der Waals surface area contributed by atoms with E-state index in [1.165, 1.54) is 5.56 Å². The Morgan fingerprint density at radius 1 is 1.50 bits per heavy atom. The van der Waals surface area contributed by atoms with Crippen LogP contribution < -0.4 is 5.32 Å². The maximum atomic E-state index is 4.32. The van der Waals surface area contributed by atoms with Crippen LogP contribution >= 0.6 is 11.8 Å². The van der Waals surface area contributed by atoms with Crippen LogP contribution in [0.25, 0.3) is 0 Å². The molecule has 1 unspecified atom stereocenters. The van der Waals surface area contributed by atoms with Crippen molar-refractivity contribution < 1.29 is 0 Å². The average Bonchev–Trinajstić information content (AvgIpc) is 2.47. The standard InChI is InChI=1S/C11H16N2S/c1-8-4-5-9(6-12-8)10-13-11(2,3)7-14-10/h4-6,10,13H,7H2,1-3H3. The highest BCUT2D eigenvalue weighted by molar-refractivity contribution is 7.99. The minimum Gasteiger partial charge on any atom is -0.296 e. The maximum Gasteiger partial charge on any atom is 0.0809 e. The molecule has 1 aromatic rings. The molecule has 3 heteroatoms. The van der Waals surface area contributed by atoms with Gasteiger partial charge in [0.25, 0.3) is 0 Å². The summed E-state index contributed by atoms with van der Waals surface area (Å²) in [4.78, 5) is 4.32. The zero-order valence-corrected chi connectivity index (χ0v) is 9.69. The van der Waals surface area contributed by atoms with Gasteiger partial charge >= 0.3 is 0 Å². The largest absolute Gasteiger partial charge is 0.296 e. The molecule has 1 aromatic heterocycles. The van der Waals surface area contributed by atoms with Gasteiger partial charge in [-0.2, -0.15) is 0 Å². The second-order valence-electron chi connectivity index (χ2n) is 4.45. The molecule has 0 radical (unpaired) electrons. The molecule has 1 N–H and O–H groups in total. The third-order valence-corrected chi connectivity index (χ3v) is 3.98. The lowest BCUT2D eigenvalue weighted by molar-refractivity contribution is 0.451. The van der Waals surface area contributed by atoms with Gasteiger partial charge in [-0.15, -0.1) is 11.8 Å². The quantitative estimate of drug-likeness (QED) is 0.767. The summed E-state index contributed by atoms with van der Waals surface area (Å²) >= 11 is 1.96. The fourth-order valence-corrected chi connectivity index (χ4v) is 2.94. The Morgan fingerprint density at radius 2 is 2.29 bits per heavy atom. The normalized spacial score (nSPS) is 25.2. The van der Waals surface area contributed by atoms with Crippen molar-refractivity contribution in [1.29, 1.82) is 0 Å². The first-order chi connectivity index (χ1) is 6.57. The molecule has 14 heavy (non-hydrogen) atoms. The molecule has 0 spiro atoms. The van der Waals surface area contributed by atoms with E-state index in [-0.39, 0.29) is 5.54 Å². The number of rotatable bonds is 1. The SMILES string of the molecule is Cc1ccc(C2NC(C)(C)CS2)cn1. The molecular weight excluding hydrogens is 192 g/mol. The van der Waals surface area contributed by atoms with Crippen LogP contribution in [0, 0.1) is 6.92 Å². The molecule has 0 bridgehead atoms. The van der Waals surface area contributed by atoms with E-state index >= 15 is 0 Å². The lowest BCUT2D eigenvalue weighted by atomic mass is 10.1. The minimum absolute atomic E-state index is 0.250. The van der Waals surface area contributed by atoms with Gasteiger partial charge in [0.2, 0.25) is 0 Å². The van der Waals surface area contributed by atoms with E-state index in [0.717, 1.165) is 11.4 Å². The molecule has 1 aliphatic heterocycles. The number of hydrogen-bond acceptors (Lipinski definition) is 3. The van der Waals surface area contributed by atoms with Gasteiger partial charge in [0.05, 0.1) is 5.37 Å². The first-order valence-electron chi connectivity index (χ1n) is 4.89. The van der Waals surface area contributed by atoms with Crippen LogP contribution in [0.5, 0.6) is 0 Å². The number of aryl methyl sites for hydroxylation is 1. The average molecular weight is 208 g/mol. The van der Waals surface area contributed by atoms with Gasteiger partial charge in [-0.05, 0) is 32.4 Å². The van der Waals surface area contributed by atoms with Crippen molar-refractivity contribution in [1.82, 2.24) is 10.3 Å². The van der Waals surface area contributed by atoms with E-state index in [0.29, 0.717) is 5.37 Å². The van der Waals surface area contributed by atoms with Gasteiger partial charge in [0, 0.05) is 23.2 Å². The predicted molar refractivity (Wildman–Crippen MR) is 61.4 cm³/mol. The minimum atomic E-state index is 0.250. The van der Waals surface area contributed by atoms with Crippen molar-refractivity contribution in [3.8, 4) is 0 Å². The first kappa shape index (κ1) is 9.99. The second-order valence-corrected chi connectivity index (χ2v) is 5.55. The molecule has 0 amide bonds. The Balaban J connectivity index is 2.14. The van der Waals surface area contributed by atoms with E-state index in [4.69, 9.17) is 0 Å². The Kier molecular flexibility index (Phi) is 2.54. The Bertz CT molecular complexity index is 319. The summed E-state index contributed by atoms with van der Waals surface area (Å²) < 4.78 is 0. The van der Waals surface area contributed by atoms with Crippen molar-refractivity contribution in [2.24, 2.45) is 0 Å². The Labute approximate surface area is 89.5 Å². The Hall–Kier alpha value is -0.540. The molecule has 76 valence electrons. The fourth-order valence-electron chi connectivity index (χ4n) is 1.54. The van der Waals surface area contributed by atoms with Crippen molar-refractivity contribution in [3.63, 3.8) is 0 Å². The van der Waals surface area contributed by atoms with Gasteiger partial charge in [0.15, 0.2) is 0 Å². The second kappa shape index (κ2) is 3.55. The molecule has 1 saturated heterocycles. The van der Waals surface area contributed by atoms with Crippen molar-refractivity contribution in [2.45, 2.75) is 31.7 Å². The summed E-state index contributed by atoms with van der Waals surface area (Å²) in [6, 6.07) is 4.23. The number of aromatic nitrogens is 1. The third kappa shape index (κ3) is 2.10. The van der Waals surface area contributed by atoms with Crippen LogP contribution in [-0.4, -0.2) is 16.3 Å². The lowest BCUT2D eigenvalue weighted by Crippen LogP contribution is -2.35. The summed E-state index contributed by atoms with van der Waals surface area (Å²) in [6.07, 6.45) is 1.97. The Morgan fingerprint density at radius 3 is 2.79 bits per heavy atom. The van der Waals surface area contributed by atoms with Gasteiger partial charge in [-0.3, -0.25) is 10.3 Å². The zero-order valence-electron chi connectivity index (χ0n) is 8.87. The molecule has 0 saturated carbocycles. The number of nitrogens with one attached hydrogen (secondary N) is 1. The van der Waals surface area contributed by atoms with Crippen molar-refractivity contribution in [2.75, 3.05) is 5.75 Å². The molecular formula is C11H16N2S. The predicted octanol–water partition coefficient (Wildman–Crippen LogP) is 2.50. The molecule has 1 aliphatic rings. The molecule has 2 rings (SSSR count). The smallest absolute Gasteiger partial charge is 0.0809 e. The maximum absolute atomic E-state index is 4.32. The van der Waals surface area contributed by atoms with Crippen LogP contribution in [0.15, 0.2) is 18.3 Å². The fraction of sp³-hybridized carbons (Fsp3) is 0.545. The number of thioether (sulfide) groups is 1. The molecule has 1 atom stereocenters. The molecule has 1 fully saturated rings. The van der Waals surface area contributed by atoms with E-state index in [1.807, 2.05) is 24.9 Å². The monoisotopic (exact) mass is 208 g/mol. The van der Waals surface area contributed by atoms with Gasteiger partial charge < -0.3 is 0 Å². The summed E-state index contributed by atoms with van der Waals surface area (Å²) in [5.41, 5.74) is 2.61. The van der Waals surface area contributed by atoms with E-state index < -0.39 is 0 Å². The van der Waals surface area contributed by atoms with Crippen LogP contribution in [0.3, 0.4) is 0 Å². The topological polar surface area (TPSA) is 24.9 Å². The van der Waals surface area contributed by atoms with Crippen LogP contribution in [0.2, 0.25) is 0 Å². The van der Waals surface area contributed by atoms with E-state index in [1.54, 1.807) is 0 Å². The molecule has 2 nitrogen and oxygen atoms in total. The lowest BCUT2D eigenvalue weighted by Gasteiger charge is -2.18. The van der Waals surface area contributed by atoms with Gasteiger partial charge in [-0.1, -0.05) is 6.07 Å². The summed E-state index contributed by atoms with van der Waals surface area (Å²) in [6.45, 7) is 6.49. The van der Waals surface area contributed by atoms with Crippen LogP contribution in [0.1, 0.15) is 30.5 Å². The van der Waals surface area contributed by atoms with E-state index in [2.05, 4.69) is 36.3 Å². The third-order valence-electron chi connectivity index (χ3n) is 2.37. The highest BCUT2D eigenvalue weighted by Crippen LogP contribution is 2.36. The van der Waals surface area contributed by atoms with Gasteiger partial charge in [0.1, 0.15) is 0 Å². The summed E-state index contributed by atoms with van der Waals surface area (Å²) in [5.74, 6) is 1.16. The summed E-state index contributed by atoms with van der Waals surface area (Å²) in [5, 5.41) is 4.00. The molecule has 2 heterocycles. The van der Waals surface area contributed by atoms with Crippen LogP contribution in [-0.2, 0) is 0 Å². The zero-order chi connectivity index (χ0) is 10.2. The number of hydrogen-bond donors (Lipinski definition) is 1. The van der Waals surface area contributed by atoms with Crippen molar-refractivity contribution >= 4 is 11.8 Å².